The van der Waals surface area contributed by atoms with Crippen LogP contribution in [0.2, 0.25) is 0 Å². The predicted octanol–water partition coefficient (Wildman–Crippen LogP) is 3.88. The number of ether oxygens (including phenoxy) is 3. The predicted molar refractivity (Wildman–Crippen MR) is 126 cm³/mol. The van der Waals surface area contributed by atoms with E-state index in [9.17, 15) is 9.18 Å². The molecule has 32 heavy (non-hydrogen) atoms. The van der Waals surface area contributed by atoms with E-state index < -0.39 is 17.5 Å². The maximum Gasteiger partial charge on any atom is 0.412 e. The number of carbonyl (C=O) groups excluding carboxylic acids is 1. The third kappa shape index (κ3) is 7.70. The van der Waals surface area contributed by atoms with Crippen molar-refractivity contribution in [2.24, 2.45) is 4.99 Å². The fourth-order valence-electron chi connectivity index (χ4n) is 2.71. The molecule has 0 saturated heterocycles. The fraction of sp³-hybridized carbons (Fsp3) is 0.333. The van der Waals surface area contributed by atoms with Gasteiger partial charge in [0.2, 0.25) is 0 Å². The van der Waals surface area contributed by atoms with E-state index in [2.05, 4.69) is 22.2 Å². The monoisotopic (exact) mass is 443 g/mol. The highest BCUT2D eigenvalue weighted by Crippen LogP contribution is 2.17. The minimum atomic E-state index is -0.589. The average molecular weight is 444 g/mol. The van der Waals surface area contributed by atoms with E-state index in [0.29, 0.717) is 41.4 Å². The lowest BCUT2D eigenvalue weighted by atomic mass is 10.2. The van der Waals surface area contributed by atoms with Crippen LogP contribution in [0, 0.1) is 5.82 Å². The van der Waals surface area contributed by atoms with E-state index in [-0.39, 0.29) is 5.22 Å². The lowest BCUT2D eigenvalue weighted by Gasteiger charge is -2.19. The van der Waals surface area contributed by atoms with Crippen LogP contribution in [0.4, 0.5) is 20.6 Å². The first-order valence-electron chi connectivity index (χ1n) is 10.1. The second-order valence-corrected chi connectivity index (χ2v) is 7.85. The van der Waals surface area contributed by atoms with Crippen molar-refractivity contribution < 1.29 is 23.4 Å². The summed E-state index contributed by atoms with van der Waals surface area (Å²) in [6, 6.07) is 9.82. The van der Waals surface area contributed by atoms with Gasteiger partial charge < -0.3 is 19.5 Å². The molecule has 0 unspecified atom stereocenters. The van der Waals surface area contributed by atoms with Crippen LogP contribution in [0.25, 0.3) is 12.4 Å². The number of aliphatic imine (C=N–C) groups is 1. The Bertz CT molecular complexity index is 1060. The minimum absolute atomic E-state index is 0.234. The molecule has 172 valence electrons. The number of rotatable bonds is 8. The van der Waals surface area contributed by atoms with E-state index in [1.54, 1.807) is 71.4 Å². The van der Waals surface area contributed by atoms with Gasteiger partial charge in [0.1, 0.15) is 29.6 Å². The van der Waals surface area contributed by atoms with Crippen LogP contribution in [-0.4, -0.2) is 38.2 Å². The molecule has 2 rings (SSSR count). The van der Waals surface area contributed by atoms with Gasteiger partial charge >= 0.3 is 6.09 Å². The summed E-state index contributed by atoms with van der Waals surface area (Å²) in [6.07, 6.45) is 1.01. The minimum Gasteiger partial charge on any atom is -0.491 e. The molecule has 0 aliphatic carbocycles. The summed E-state index contributed by atoms with van der Waals surface area (Å²) in [6.45, 7) is 11.8. The SMILES string of the molecule is C=c1cc(OCCOC)cc(F)/c1=C(/N=C\C)Nc1ccc(NC(=O)OC(C)(C)C)cc1. The van der Waals surface area contributed by atoms with Crippen LogP contribution in [0.3, 0.4) is 0 Å². The number of amides is 1. The molecular formula is C24H30FN3O4. The maximum atomic E-state index is 14.9. The fourth-order valence-corrected chi connectivity index (χ4v) is 2.71. The standard InChI is InChI=1S/C24H30FN3O4/c1-7-26-22(21-16(2)14-19(15-20(21)25)31-13-12-30-6)27-17-8-10-18(11-9-17)28-23(29)32-24(3,4)5/h7-11,14-15,27H,2,12-13H2,1,3-6H3,(H,28,29)/b22-21-,26-7-. The average Bonchev–Trinajstić information content (AvgIpc) is 2.68. The molecule has 0 atom stereocenters. The second-order valence-electron chi connectivity index (χ2n) is 7.85. The second kappa shape index (κ2) is 11.3. The Hall–Kier alpha value is -3.39. The summed E-state index contributed by atoms with van der Waals surface area (Å²) in [7, 11) is 1.57. The van der Waals surface area contributed by atoms with Crippen molar-refractivity contribution in [1.29, 1.82) is 0 Å². The molecule has 8 heteroatoms. The summed E-state index contributed by atoms with van der Waals surface area (Å²) in [5, 5.41) is 6.42. The Morgan fingerprint density at radius 1 is 1.12 bits per heavy atom. The highest BCUT2D eigenvalue weighted by atomic mass is 19.1. The van der Waals surface area contributed by atoms with Gasteiger partial charge in [-0.1, -0.05) is 6.58 Å². The number of carbonyl (C=O) groups is 1. The molecule has 7 nitrogen and oxygen atoms in total. The molecule has 0 heterocycles. The topological polar surface area (TPSA) is 81.2 Å². The lowest BCUT2D eigenvalue weighted by molar-refractivity contribution is 0.0636. The van der Waals surface area contributed by atoms with E-state index in [4.69, 9.17) is 14.2 Å². The van der Waals surface area contributed by atoms with Crippen LogP contribution < -0.4 is 25.8 Å². The number of halogens is 1. The largest absolute Gasteiger partial charge is 0.491 e. The first-order chi connectivity index (χ1) is 15.1. The number of hydrogen-bond donors (Lipinski definition) is 2. The molecule has 0 radical (unpaired) electrons. The quantitative estimate of drug-likeness (QED) is 0.478. The van der Waals surface area contributed by atoms with Crippen LogP contribution >= 0.6 is 0 Å². The van der Waals surface area contributed by atoms with E-state index >= 15 is 0 Å². The van der Waals surface area contributed by atoms with Crippen LogP contribution in [0.5, 0.6) is 5.75 Å². The molecule has 1 amide bonds. The van der Waals surface area contributed by atoms with Gasteiger partial charge in [-0.2, -0.15) is 0 Å². The van der Waals surface area contributed by atoms with Crippen molar-refractivity contribution in [1.82, 2.24) is 0 Å². The molecule has 2 aromatic rings. The van der Waals surface area contributed by atoms with Crippen molar-refractivity contribution in [2.45, 2.75) is 33.3 Å². The molecule has 0 aliphatic heterocycles. The van der Waals surface area contributed by atoms with Crippen LogP contribution in [0.1, 0.15) is 27.7 Å². The summed E-state index contributed by atoms with van der Waals surface area (Å²) in [5.41, 5.74) is 0.625. The first kappa shape index (κ1) is 24.9. The highest BCUT2D eigenvalue weighted by molar-refractivity contribution is 5.85. The normalized spacial score (nSPS) is 12.4. The Morgan fingerprint density at radius 3 is 2.28 bits per heavy atom. The number of methoxy groups -OCH3 is 1. The van der Waals surface area contributed by atoms with E-state index in [1.807, 2.05) is 0 Å². The number of nitrogens with zero attached hydrogens (tertiary/aromatic N) is 1. The number of anilines is 2. The zero-order valence-corrected chi connectivity index (χ0v) is 19.1. The Kier molecular flexibility index (Phi) is 8.78. The van der Waals surface area contributed by atoms with Gasteiger partial charge in [0.25, 0.3) is 0 Å². The van der Waals surface area contributed by atoms with Crippen LogP contribution in [0.15, 0.2) is 41.4 Å². The van der Waals surface area contributed by atoms with Gasteiger partial charge in [-0.15, -0.1) is 0 Å². The molecule has 0 saturated carbocycles. The number of benzene rings is 2. The summed E-state index contributed by atoms with van der Waals surface area (Å²) >= 11 is 0. The summed E-state index contributed by atoms with van der Waals surface area (Å²) in [5.74, 6) is 0.151. The van der Waals surface area contributed by atoms with Gasteiger partial charge in [-0.25, -0.2) is 14.2 Å². The van der Waals surface area contributed by atoms with Crippen molar-refractivity contribution in [3.63, 3.8) is 0 Å². The van der Waals surface area contributed by atoms with Crippen molar-refractivity contribution in [3.8, 4) is 5.75 Å². The van der Waals surface area contributed by atoms with Gasteiger partial charge in [0.05, 0.1) is 11.8 Å². The number of hydrogen-bond acceptors (Lipinski definition) is 6. The zero-order chi connectivity index (χ0) is 23.7. The van der Waals surface area contributed by atoms with Gasteiger partial charge in [-0.3, -0.25) is 5.32 Å². The van der Waals surface area contributed by atoms with Crippen molar-refractivity contribution in [3.05, 3.63) is 52.7 Å². The number of nitrogens with one attached hydrogen (secondary N) is 2. The van der Waals surface area contributed by atoms with E-state index in [1.165, 1.54) is 6.07 Å². The third-order valence-corrected chi connectivity index (χ3v) is 3.99. The Balaban J connectivity index is 2.26. The molecule has 0 aliphatic rings. The van der Waals surface area contributed by atoms with Crippen molar-refractivity contribution >= 4 is 36.1 Å². The van der Waals surface area contributed by atoms with Crippen LogP contribution in [-0.2, 0) is 9.47 Å². The Morgan fingerprint density at radius 2 is 1.75 bits per heavy atom. The molecule has 0 spiro atoms. The summed E-state index contributed by atoms with van der Waals surface area (Å²) in [4.78, 5) is 16.2. The molecule has 0 bridgehead atoms. The highest BCUT2D eigenvalue weighted by Gasteiger charge is 2.16. The molecule has 2 N–H and O–H groups in total. The lowest BCUT2D eigenvalue weighted by Crippen LogP contribution is -2.31. The molecule has 0 fully saturated rings. The first-order valence-corrected chi connectivity index (χ1v) is 10.1. The van der Waals surface area contributed by atoms with Gasteiger partial charge in [0.15, 0.2) is 0 Å². The maximum absolute atomic E-state index is 14.9. The molecule has 0 aromatic heterocycles. The van der Waals surface area contributed by atoms with Gasteiger partial charge in [0, 0.05) is 30.8 Å². The summed E-state index contributed by atoms with van der Waals surface area (Å²) < 4.78 is 30.5. The Labute approximate surface area is 187 Å². The molecule has 2 aromatic carbocycles. The smallest absolute Gasteiger partial charge is 0.412 e. The molecular weight excluding hydrogens is 413 g/mol. The third-order valence-electron chi connectivity index (χ3n) is 3.99. The van der Waals surface area contributed by atoms with Crippen molar-refractivity contribution in [2.75, 3.05) is 31.0 Å². The zero-order valence-electron chi connectivity index (χ0n) is 19.1. The van der Waals surface area contributed by atoms with Gasteiger partial charge in [-0.05, 0) is 63.2 Å². The van der Waals surface area contributed by atoms with E-state index in [0.717, 1.165) is 0 Å².